The fourth-order valence-corrected chi connectivity index (χ4v) is 1.31. The van der Waals surface area contributed by atoms with Crippen molar-refractivity contribution in [1.82, 2.24) is 0 Å². The number of rotatable bonds is 7. The molecule has 0 unspecified atom stereocenters. The van der Waals surface area contributed by atoms with Gasteiger partial charge < -0.3 is 0 Å². The molecule has 0 spiro atoms. The highest BCUT2D eigenvalue weighted by Gasteiger charge is 1.91. The lowest BCUT2D eigenvalue weighted by atomic mass is 10.1. The molecule has 0 heterocycles. The molecule has 0 saturated heterocycles. The van der Waals surface area contributed by atoms with Gasteiger partial charge in [0.1, 0.15) is 0 Å². The monoisotopic (exact) mass is 166 g/mol. The molecule has 0 aromatic heterocycles. The molecule has 0 aliphatic carbocycles. The maximum Gasteiger partial charge on any atom is -0.0323 e. The van der Waals surface area contributed by atoms with Crippen molar-refractivity contribution in [1.29, 1.82) is 0 Å². The van der Waals surface area contributed by atoms with E-state index in [1.165, 1.54) is 32.1 Å². The van der Waals surface area contributed by atoms with Gasteiger partial charge >= 0.3 is 0 Å². The van der Waals surface area contributed by atoms with Gasteiger partial charge in [0.15, 0.2) is 0 Å². The summed E-state index contributed by atoms with van der Waals surface area (Å²) >= 11 is 0. The van der Waals surface area contributed by atoms with Crippen LogP contribution in [-0.4, -0.2) is 0 Å². The molecule has 0 aliphatic heterocycles. The number of hydrogen-bond donors (Lipinski definition) is 0. The number of hydrogen-bond acceptors (Lipinski definition) is 0. The Morgan fingerprint density at radius 1 is 1.25 bits per heavy atom. The van der Waals surface area contributed by atoms with Crippen LogP contribution in [0.2, 0.25) is 0 Å². The zero-order chi connectivity index (χ0) is 9.23. The van der Waals surface area contributed by atoms with E-state index in [4.69, 9.17) is 0 Å². The third-order valence-corrected chi connectivity index (χ3v) is 2.07. The second-order valence-electron chi connectivity index (χ2n) is 3.19. The van der Waals surface area contributed by atoms with Crippen molar-refractivity contribution in [3.8, 4) is 0 Å². The number of allylic oxidation sites excluding steroid dienone is 3. The standard InChI is InChI=1S/C12H22/c1-4-7-8-9-11-12(6-3)10-5-2/h4,11H,1,5-10H2,2-3H3. The largest absolute Gasteiger partial charge is 0.103 e. The van der Waals surface area contributed by atoms with Gasteiger partial charge in [-0.25, -0.2) is 0 Å². The molecule has 12 heavy (non-hydrogen) atoms. The van der Waals surface area contributed by atoms with Crippen molar-refractivity contribution in [2.45, 2.75) is 52.4 Å². The van der Waals surface area contributed by atoms with E-state index in [0.717, 1.165) is 6.42 Å². The SMILES string of the molecule is C=CCCCC=C(CC)CCC. The summed E-state index contributed by atoms with van der Waals surface area (Å²) in [7, 11) is 0. The zero-order valence-corrected chi connectivity index (χ0v) is 8.60. The van der Waals surface area contributed by atoms with E-state index in [1.54, 1.807) is 5.57 Å². The minimum absolute atomic E-state index is 1.15. The van der Waals surface area contributed by atoms with Gasteiger partial charge in [0.05, 0.1) is 0 Å². The molecule has 0 radical (unpaired) electrons. The Bertz CT molecular complexity index is 131. The average molecular weight is 166 g/mol. The third kappa shape index (κ3) is 6.21. The van der Waals surface area contributed by atoms with E-state index in [1.807, 2.05) is 6.08 Å². The molecule has 0 rings (SSSR count). The van der Waals surface area contributed by atoms with Crippen LogP contribution in [0.1, 0.15) is 52.4 Å². The summed E-state index contributed by atoms with van der Waals surface area (Å²) in [5.41, 5.74) is 1.63. The van der Waals surface area contributed by atoms with E-state index in [0.29, 0.717) is 0 Å². The smallest absolute Gasteiger partial charge is 0.0323 e. The highest BCUT2D eigenvalue weighted by molar-refractivity contribution is 5.00. The average Bonchev–Trinajstić information content (AvgIpc) is 2.10. The van der Waals surface area contributed by atoms with Crippen LogP contribution in [0.15, 0.2) is 24.3 Å². The molecule has 0 nitrogen and oxygen atoms in total. The summed E-state index contributed by atoms with van der Waals surface area (Å²) in [5.74, 6) is 0. The second-order valence-corrected chi connectivity index (χ2v) is 3.19. The molecule has 0 fully saturated rings. The first kappa shape index (κ1) is 11.5. The molecular weight excluding hydrogens is 144 g/mol. The van der Waals surface area contributed by atoms with Crippen LogP contribution in [0, 0.1) is 0 Å². The van der Waals surface area contributed by atoms with E-state index in [2.05, 4.69) is 26.5 Å². The van der Waals surface area contributed by atoms with Crippen LogP contribution in [0.5, 0.6) is 0 Å². The molecule has 0 aromatic rings. The Kier molecular flexibility index (Phi) is 8.20. The summed E-state index contributed by atoms with van der Waals surface area (Å²) in [4.78, 5) is 0. The summed E-state index contributed by atoms with van der Waals surface area (Å²) < 4.78 is 0. The normalized spacial score (nSPS) is 11.7. The van der Waals surface area contributed by atoms with Gasteiger partial charge in [0.25, 0.3) is 0 Å². The summed E-state index contributed by atoms with van der Waals surface area (Å²) in [6, 6.07) is 0. The quantitative estimate of drug-likeness (QED) is 0.386. The minimum Gasteiger partial charge on any atom is -0.103 e. The predicted molar refractivity (Wildman–Crippen MR) is 57.3 cm³/mol. The molecule has 0 aromatic carbocycles. The molecule has 70 valence electrons. The molecule has 0 aliphatic rings. The highest BCUT2D eigenvalue weighted by Crippen LogP contribution is 2.11. The Labute approximate surface area is 77.4 Å². The van der Waals surface area contributed by atoms with E-state index in [-0.39, 0.29) is 0 Å². The second kappa shape index (κ2) is 8.58. The van der Waals surface area contributed by atoms with Crippen molar-refractivity contribution in [2.75, 3.05) is 0 Å². The van der Waals surface area contributed by atoms with E-state index >= 15 is 0 Å². The van der Waals surface area contributed by atoms with Gasteiger partial charge in [0.2, 0.25) is 0 Å². The zero-order valence-electron chi connectivity index (χ0n) is 8.60. The maximum absolute atomic E-state index is 3.71. The fourth-order valence-electron chi connectivity index (χ4n) is 1.31. The maximum atomic E-state index is 3.71. The summed E-state index contributed by atoms with van der Waals surface area (Å²) in [6.45, 7) is 8.20. The lowest BCUT2D eigenvalue weighted by Crippen LogP contribution is -1.80. The molecule has 0 N–H and O–H groups in total. The summed E-state index contributed by atoms with van der Waals surface area (Å²) in [6.07, 6.45) is 11.8. The van der Waals surface area contributed by atoms with Crippen molar-refractivity contribution in [3.05, 3.63) is 24.3 Å². The third-order valence-electron chi connectivity index (χ3n) is 2.07. The lowest BCUT2D eigenvalue weighted by molar-refractivity contribution is 0.816. The van der Waals surface area contributed by atoms with Crippen LogP contribution in [0.4, 0.5) is 0 Å². The molecule has 0 bridgehead atoms. The molecule has 0 amide bonds. The van der Waals surface area contributed by atoms with Crippen LogP contribution in [-0.2, 0) is 0 Å². The van der Waals surface area contributed by atoms with Crippen LogP contribution in [0.3, 0.4) is 0 Å². The molecule has 0 saturated carbocycles. The molecule has 0 heteroatoms. The Morgan fingerprint density at radius 3 is 2.50 bits per heavy atom. The summed E-state index contributed by atoms with van der Waals surface area (Å²) in [5, 5.41) is 0. The number of unbranched alkanes of at least 4 members (excludes halogenated alkanes) is 2. The van der Waals surface area contributed by atoms with Crippen LogP contribution in [0.25, 0.3) is 0 Å². The van der Waals surface area contributed by atoms with Crippen molar-refractivity contribution in [2.24, 2.45) is 0 Å². The molecule has 0 atom stereocenters. The Balaban J connectivity index is 3.54. The lowest BCUT2D eigenvalue weighted by Gasteiger charge is -2.01. The molecular formula is C12H22. The van der Waals surface area contributed by atoms with Gasteiger partial charge in [-0.05, 0) is 32.1 Å². The Morgan fingerprint density at radius 2 is 2.00 bits per heavy atom. The van der Waals surface area contributed by atoms with E-state index < -0.39 is 0 Å². The first-order valence-corrected chi connectivity index (χ1v) is 5.13. The van der Waals surface area contributed by atoms with E-state index in [9.17, 15) is 0 Å². The van der Waals surface area contributed by atoms with Crippen LogP contribution >= 0.6 is 0 Å². The fraction of sp³-hybridized carbons (Fsp3) is 0.667. The predicted octanol–water partition coefficient (Wildman–Crippen LogP) is 4.48. The van der Waals surface area contributed by atoms with Gasteiger partial charge in [-0.1, -0.05) is 38.0 Å². The van der Waals surface area contributed by atoms with Gasteiger partial charge in [-0.15, -0.1) is 6.58 Å². The van der Waals surface area contributed by atoms with Gasteiger partial charge in [0, 0.05) is 0 Å². The highest BCUT2D eigenvalue weighted by atomic mass is 14.0. The van der Waals surface area contributed by atoms with Gasteiger partial charge in [-0.3, -0.25) is 0 Å². The minimum atomic E-state index is 1.15. The van der Waals surface area contributed by atoms with Crippen LogP contribution < -0.4 is 0 Å². The van der Waals surface area contributed by atoms with Crippen molar-refractivity contribution >= 4 is 0 Å². The Hall–Kier alpha value is -0.520. The first-order chi connectivity index (χ1) is 5.85. The van der Waals surface area contributed by atoms with Gasteiger partial charge in [-0.2, -0.15) is 0 Å². The van der Waals surface area contributed by atoms with Crippen molar-refractivity contribution < 1.29 is 0 Å². The topological polar surface area (TPSA) is 0 Å². The first-order valence-electron chi connectivity index (χ1n) is 5.13. The van der Waals surface area contributed by atoms with Crippen molar-refractivity contribution in [3.63, 3.8) is 0 Å².